The van der Waals surface area contributed by atoms with Gasteiger partial charge in [-0.15, -0.1) is 0 Å². The van der Waals surface area contributed by atoms with E-state index in [1.165, 1.54) is 0 Å². The van der Waals surface area contributed by atoms with Crippen LogP contribution in [0.4, 0.5) is 10.5 Å². The van der Waals surface area contributed by atoms with E-state index in [4.69, 9.17) is 14.9 Å². The molecule has 0 aliphatic carbocycles. The first-order valence-corrected chi connectivity index (χ1v) is 9.72. The van der Waals surface area contributed by atoms with Gasteiger partial charge in [-0.3, -0.25) is 4.79 Å². The van der Waals surface area contributed by atoms with E-state index < -0.39 is 6.03 Å². The standard InChI is InChI=1S/C24H21N3O4/c25-24(29)27-17-12-10-16(11-13-17)14-26-23(28)22-20(15-30-18-6-2-1-3-7-18)19-8-4-5-9-21(19)31-22/h1-13H,14-15H2,(H,26,28)(H3,25,27,29). The first-order valence-electron chi connectivity index (χ1n) is 9.72. The fraction of sp³-hybridized carbons (Fsp3) is 0.0833. The third kappa shape index (κ3) is 4.84. The Morgan fingerprint density at radius 3 is 2.35 bits per heavy atom. The molecule has 3 amide bonds. The van der Waals surface area contributed by atoms with Gasteiger partial charge in [-0.1, -0.05) is 48.5 Å². The monoisotopic (exact) mass is 415 g/mol. The summed E-state index contributed by atoms with van der Waals surface area (Å²) in [7, 11) is 0. The third-order valence-electron chi connectivity index (χ3n) is 4.71. The lowest BCUT2D eigenvalue weighted by Crippen LogP contribution is -2.23. The minimum Gasteiger partial charge on any atom is -0.489 e. The molecule has 1 heterocycles. The van der Waals surface area contributed by atoms with E-state index in [9.17, 15) is 9.59 Å². The van der Waals surface area contributed by atoms with Gasteiger partial charge in [0.1, 0.15) is 17.9 Å². The SMILES string of the molecule is NC(=O)Nc1ccc(CNC(=O)c2oc3ccccc3c2COc2ccccc2)cc1. The van der Waals surface area contributed by atoms with Gasteiger partial charge in [-0.2, -0.15) is 0 Å². The highest BCUT2D eigenvalue weighted by molar-refractivity contribution is 5.99. The molecule has 31 heavy (non-hydrogen) atoms. The second-order valence-electron chi connectivity index (χ2n) is 6.88. The highest BCUT2D eigenvalue weighted by atomic mass is 16.5. The summed E-state index contributed by atoms with van der Waals surface area (Å²) in [6, 6.07) is 23.3. The number of rotatable bonds is 7. The number of primary amides is 1. The average Bonchev–Trinajstić information content (AvgIpc) is 3.16. The quantitative estimate of drug-likeness (QED) is 0.415. The van der Waals surface area contributed by atoms with Crippen molar-refractivity contribution in [2.75, 3.05) is 5.32 Å². The summed E-state index contributed by atoms with van der Waals surface area (Å²) in [5, 5.41) is 6.21. The van der Waals surface area contributed by atoms with E-state index in [0.29, 0.717) is 29.1 Å². The number of nitrogens with two attached hydrogens (primary N) is 1. The second kappa shape index (κ2) is 9.04. The van der Waals surface area contributed by atoms with Crippen molar-refractivity contribution in [2.24, 2.45) is 5.73 Å². The Kier molecular flexibility index (Phi) is 5.84. The van der Waals surface area contributed by atoms with Gasteiger partial charge in [0.2, 0.25) is 0 Å². The maximum atomic E-state index is 12.9. The molecule has 0 radical (unpaired) electrons. The molecule has 0 saturated heterocycles. The van der Waals surface area contributed by atoms with Crippen molar-refractivity contribution < 1.29 is 18.7 Å². The number of carbonyl (C=O) groups excluding carboxylic acids is 2. The number of ether oxygens (including phenoxy) is 1. The molecule has 7 heteroatoms. The topological polar surface area (TPSA) is 107 Å². The van der Waals surface area contributed by atoms with Crippen LogP contribution in [0.3, 0.4) is 0 Å². The molecule has 0 saturated carbocycles. The number of anilines is 1. The maximum Gasteiger partial charge on any atom is 0.316 e. The van der Waals surface area contributed by atoms with E-state index >= 15 is 0 Å². The van der Waals surface area contributed by atoms with Crippen molar-refractivity contribution >= 4 is 28.6 Å². The Balaban J connectivity index is 1.50. The van der Waals surface area contributed by atoms with Crippen LogP contribution in [0.1, 0.15) is 21.7 Å². The number of urea groups is 1. The zero-order valence-corrected chi connectivity index (χ0v) is 16.6. The van der Waals surface area contributed by atoms with Crippen molar-refractivity contribution in [2.45, 2.75) is 13.2 Å². The van der Waals surface area contributed by atoms with Gasteiger partial charge in [0, 0.05) is 23.2 Å². The summed E-state index contributed by atoms with van der Waals surface area (Å²) in [5.74, 6) is 0.607. The number of para-hydroxylation sites is 2. The highest BCUT2D eigenvalue weighted by Gasteiger charge is 2.21. The number of hydrogen-bond acceptors (Lipinski definition) is 4. The molecule has 7 nitrogen and oxygen atoms in total. The number of fused-ring (bicyclic) bond motifs is 1. The summed E-state index contributed by atoms with van der Waals surface area (Å²) < 4.78 is 11.7. The molecule has 4 aromatic rings. The molecule has 0 unspecified atom stereocenters. The fourth-order valence-corrected chi connectivity index (χ4v) is 3.21. The number of hydrogen-bond donors (Lipinski definition) is 3. The molecule has 0 aliphatic rings. The Labute approximate surface area is 178 Å². The van der Waals surface area contributed by atoms with Gasteiger partial charge in [0.05, 0.1) is 0 Å². The molecule has 4 rings (SSSR count). The molecule has 3 aromatic carbocycles. The van der Waals surface area contributed by atoms with Crippen molar-refractivity contribution in [3.8, 4) is 5.75 Å². The number of nitrogens with one attached hydrogen (secondary N) is 2. The van der Waals surface area contributed by atoms with E-state index in [-0.39, 0.29) is 18.3 Å². The highest BCUT2D eigenvalue weighted by Crippen LogP contribution is 2.27. The predicted octanol–water partition coefficient (Wildman–Crippen LogP) is 4.43. The van der Waals surface area contributed by atoms with Crippen molar-refractivity contribution in [3.63, 3.8) is 0 Å². The molecule has 0 fully saturated rings. The van der Waals surface area contributed by atoms with Crippen LogP contribution >= 0.6 is 0 Å². The zero-order chi connectivity index (χ0) is 21.6. The Morgan fingerprint density at radius 2 is 1.61 bits per heavy atom. The average molecular weight is 415 g/mol. The normalized spacial score (nSPS) is 10.6. The van der Waals surface area contributed by atoms with Crippen LogP contribution in [0.25, 0.3) is 11.0 Å². The minimum absolute atomic E-state index is 0.206. The van der Waals surface area contributed by atoms with Gasteiger partial charge in [0.25, 0.3) is 5.91 Å². The smallest absolute Gasteiger partial charge is 0.316 e. The summed E-state index contributed by atoms with van der Waals surface area (Å²) in [6.07, 6.45) is 0. The summed E-state index contributed by atoms with van der Waals surface area (Å²) in [5.41, 5.74) is 7.87. The fourth-order valence-electron chi connectivity index (χ4n) is 3.21. The van der Waals surface area contributed by atoms with Crippen LogP contribution < -0.4 is 21.1 Å². The second-order valence-corrected chi connectivity index (χ2v) is 6.88. The van der Waals surface area contributed by atoms with E-state index in [0.717, 1.165) is 10.9 Å². The van der Waals surface area contributed by atoms with Gasteiger partial charge >= 0.3 is 6.03 Å². The third-order valence-corrected chi connectivity index (χ3v) is 4.71. The largest absolute Gasteiger partial charge is 0.489 e. The molecule has 4 N–H and O–H groups in total. The number of furan rings is 1. The molecule has 1 aromatic heterocycles. The summed E-state index contributed by atoms with van der Waals surface area (Å²) in [6.45, 7) is 0.503. The van der Waals surface area contributed by atoms with E-state index in [2.05, 4.69) is 10.6 Å². The van der Waals surface area contributed by atoms with E-state index in [1.807, 2.05) is 54.6 Å². The summed E-state index contributed by atoms with van der Waals surface area (Å²) >= 11 is 0. The molecule has 0 atom stereocenters. The van der Waals surface area contributed by atoms with Gasteiger partial charge in [0.15, 0.2) is 5.76 Å². The number of benzene rings is 3. The van der Waals surface area contributed by atoms with Gasteiger partial charge < -0.3 is 25.5 Å². The lowest BCUT2D eigenvalue weighted by atomic mass is 10.1. The van der Waals surface area contributed by atoms with Crippen LogP contribution in [0, 0.1) is 0 Å². The first-order chi connectivity index (χ1) is 15.1. The van der Waals surface area contributed by atoms with Crippen molar-refractivity contribution in [1.29, 1.82) is 0 Å². The maximum absolute atomic E-state index is 12.9. The Bertz CT molecular complexity index is 1200. The summed E-state index contributed by atoms with van der Waals surface area (Å²) in [4.78, 5) is 23.8. The zero-order valence-electron chi connectivity index (χ0n) is 16.6. The van der Waals surface area contributed by atoms with E-state index in [1.54, 1.807) is 24.3 Å². The lowest BCUT2D eigenvalue weighted by Gasteiger charge is -2.08. The van der Waals surface area contributed by atoms with Crippen LogP contribution in [-0.2, 0) is 13.2 Å². The Hall–Kier alpha value is -4.26. The lowest BCUT2D eigenvalue weighted by molar-refractivity contribution is 0.0922. The van der Waals surface area contributed by atoms with Crippen molar-refractivity contribution in [1.82, 2.24) is 5.32 Å². The number of amides is 3. The minimum atomic E-state index is -0.629. The van der Waals surface area contributed by atoms with Crippen LogP contribution in [0.2, 0.25) is 0 Å². The number of carbonyl (C=O) groups is 2. The van der Waals surface area contributed by atoms with Crippen molar-refractivity contribution in [3.05, 3.63) is 95.7 Å². The van der Waals surface area contributed by atoms with Gasteiger partial charge in [-0.25, -0.2) is 4.79 Å². The van der Waals surface area contributed by atoms with Crippen LogP contribution in [0.5, 0.6) is 5.75 Å². The first kappa shape index (κ1) is 20.0. The molecule has 0 spiro atoms. The molecular formula is C24H21N3O4. The Morgan fingerprint density at radius 1 is 0.903 bits per heavy atom. The molecule has 0 aliphatic heterocycles. The molecule has 156 valence electrons. The molecule has 0 bridgehead atoms. The van der Waals surface area contributed by atoms with Gasteiger partial charge in [-0.05, 0) is 35.9 Å². The van der Waals surface area contributed by atoms with Crippen LogP contribution in [0.15, 0.2) is 83.3 Å². The predicted molar refractivity (Wildman–Crippen MR) is 118 cm³/mol. The van der Waals surface area contributed by atoms with Crippen LogP contribution in [-0.4, -0.2) is 11.9 Å². The molecular weight excluding hydrogens is 394 g/mol.